The zero-order valence-electron chi connectivity index (χ0n) is 13.5. The van der Waals surface area contributed by atoms with Gasteiger partial charge < -0.3 is 0 Å². The van der Waals surface area contributed by atoms with Crippen molar-refractivity contribution in [2.45, 2.75) is 31.7 Å². The second-order valence-corrected chi connectivity index (χ2v) is 6.34. The molecule has 0 fully saturated rings. The molecule has 0 amide bonds. The molecule has 2 atom stereocenters. The number of hydrogen-bond acceptors (Lipinski definition) is 0. The van der Waals surface area contributed by atoms with Gasteiger partial charge >= 0.3 is 0 Å². The van der Waals surface area contributed by atoms with Gasteiger partial charge in [0.1, 0.15) is 6.72 Å². The molecule has 1 aromatic heterocycles. The van der Waals surface area contributed by atoms with E-state index in [-0.39, 0.29) is 0 Å². The van der Waals surface area contributed by atoms with Crippen LogP contribution in [0.4, 0.5) is 0 Å². The van der Waals surface area contributed by atoms with E-state index >= 15 is 0 Å². The number of benzene rings is 1. The van der Waals surface area contributed by atoms with E-state index in [9.17, 15) is 0 Å². The molecular formula is C21H22N2+2. The first-order valence-electron chi connectivity index (χ1n) is 8.30. The molecule has 0 saturated heterocycles. The van der Waals surface area contributed by atoms with Gasteiger partial charge in [0.25, 0.3) is 0 Å². The van der Waals surface area contributed by atoms with Crippen molar-refractivity contribution in [1.29, 1.82) is 0 Å². The van der Waals surface area contributed by atoms with Crippen molar-refractivity contribution in [1.82, 2.24) is 0 Å². The summed E-state index contributed by atoms with van der Waals surface area (Å²) in [5, 5.41) is 0. The smallest absolute Gasteiger partial charge is 0.194 e. The van der Waals surface area contributed by atoms with Crippen LogP contribution in [0.5, 0.6) is 0 Å². The van der Waals surface area contributed by atoms with E-state index in [1.165, 1.54) is 22.5 Å². The second-order valence-electron chi connectivity index (χ2n) is 6.34. The minimum Gasteiger partial charge on any atom is -0.194 e. The van der Waals surface area contributed by atoms with Crippen LogP contribution >= 0.6 is 0 Å². The first-order valence-corrected chi connectivity index (χ1v) is 8.30. The van der Waals surface area contributed by atoms with Crippen LogP contribution in [0.1, 0.15) is 37.3 Å². The number of pyridine rings is 1. The van der Waals surface area contributed by atoms with Gasteiger partial charge in [0.05, 0.1) is 12.3 Å². The maximum atomic E-state index is 4.16. The van der Waals surface area contributed by atoms with Gasteiger partial charge in [0, 0.05) is 17.7 Å². The van der Waals surface area contributed by atoms with Gasteiger partial charge in [-0.25, -0.2) is 0 Å². The summed E-state index contributed by atoms with van der Waals surface area (Å²) < 4.78 is 4.48. The first kappa shape index (κ1) is 14.1. The van der Waals surface area contributed by atoms with Gasteiger partial charge in [-0.2, -0.15) is 9.14 Å². The fourth-order valence-corrected chi connectivity index (χ4v) is 4.02. The first-order chi connectivity index (χ1) is 11.3. The Morgan fingerprint density at radius 2 is 2.00 bits per heavy atom. The average Bonchev–Trinajstić information content (AvgIpc) is 2.62. The predicted molar refractivity (Wildman–Crippen MR) is 93.4 cm³/mol. The van der Waals surface area contributed by atoms with E-state index in [1.54, 1.807) is 0 Å². The summed E-state index contributed by atoms with van der Waals surface area (Å²) >= 11 is 0. The summed E-state index contributed by atoms with van der Waals surface area (Å²) in [5.41, 5.74) is 5.50. The standard InChI is InChI=1S/C21H22N2/c1-3-13-22(2)16-11-12-19-17-8-4-5-9-18(17)20-10-6-7-14-23(20)21(19)15-16/h3-11,13-14,19,21H,2,12,15H2,1H3/q+2/b13-3-. The van der Waals surface area contributed by atoms with E-state index in [2.05, 4.69) is 66.0 Å². The summed E-state index contributed by atoms with van der Waals surface area (Å²) in [6, 6.07) is 15.8. The second kappa shape index (κ2) is 5.62. The van der Waals surface area contributed by atoms with E-state index in [4.69, 9.17) is 0 Å². The van der Waals surface area contributed by atoms with Crippen LogP contribution in [0, 0.1) is 0 Å². The van der Waals surface area contributed by atoms with Crippen molar-refractivity contribution in [3.8, 4) is 11.3 Å². The highest BCUT2D eigenvalue weighted by atomic mass is 15.0. The molecule has 1 aromatic carbocycles. The summed E-state index contributed by atoms with van der Waals surface area (Å²) in [4.78, 5) is 0. The van der Waals surface area contributed by atoms with Crippen LogP contribution < -0.4 is 4.57 Å². The number of allylic oxidation sites excluding steroid dienone is 3. The summed E-state index contributed by atoms with van der Waals surface area (Å²) in [6.45, 7) is 6.19. The molecule has 2 nitrogen and oxygen atoms in total. The lowest BCUT2D eigenvalue weighted by Crippen LogP contribution is -2.48. The Bertz CT molecular complexity index is 829. The molecule has 0 bridgehead atoms. The minimum atomic E-state index is 0.468. The molecule has 1 aliphatic heterocycles. The number of fused-ring (bicyclic) bond motifs is 6. The number of rotatable bonds is 2. The third-order valence-corrected chi connectivity index (χ3v) is 5.07. The highest BCUT2D eigenvalue weighted by Crippen LogP contribution is 2.44. The largest absolute Gasteiger partial charge is 0.213 e. The number of hydrogen-bond donors (Lipinski definition) is 0. The number of aromatic nitrogens is 1. The highest BCUT2D eigenvalue weighted by molar-refractivity contribution is 5.63. The molecule has 2 aromatic rings. The molecule has 1 aliphatic carbocycles. The van der Waals surface area contributed by atoms with Crippen molar-refractivity contribution in [2.75, 3.05) is 0 Å². The minimum absolute atomic E-state index is 0.468. The lowest BCUT2D eigenvalue weighted by molar-refractivity contribution is -0.720. The van der Waals surface area contributed by atoms with Crippen LogP contribution in [0.2, 0.25) is 0 Å². The summed E-state index contributed by atoms with van der Waals surface area (Å²) in [7, 11) is 0. The zero-order valence-corrected chi connectivity index (χ0v) is 13.5. The van der Waals surface area contributed by atoms with Gasteiger partial charge in [-0.15, -0.1) is 0 Å². The third-order valence-electron chi connectivity index (χ3n) is 5.07. The molecule has 23 heavy (non-hydrogen) atoms. The van der Waals surface area contributed by atoms with E-state index in [0.29, 0.717) is 12.0 Å². The SMILES string of the molecule is C=[N+](/C=C\C)C1=CCC2c3ccccc3-c3cccc[n+]3C2C1. The molecule has 2 heterocycles. The molecule has 0 saturated carbocycles. The van der Waals surface area contributed by atoms with Crippen molar-refractivity contribution in [3.63, 3.8) is 0 Å². The van der Waals surface area contributed by atoms with Gasteiger partial charge in [-0.1, -0.05) is 18.2 Å². The lowest BCUT2D eigenvalue weighted by atomic mass is 9.76. The average molecular weight is 302 g/mol. The molecule has 2 unspecified atom stereocenters. The van der Waals surface area contributed by atoms with E-state index in [1.807, 2.05) is 23.8 Å². The zero-order chi connectivity index (χ0) is 15.8. The maximum absolute atomic E-state index is 4.16. The van der Waals surface area contributed by atoms with Crippen LogP contribution in [0.3, 0.4) is 0 Å². The summed E-state index contributed by atoms with van der Waals surface area (Å²) in [6.07, 6.45) is 10.8. The van der Waals surface area contributed by atoms with Gasteiger partial charge in [-0.3, -0.25) is 0 Å². The van der Waals surface area contributed by atoms with Gasteiger partial charge in [-0.05, 0) is 43.2 Å². The fraction of sp³-hybridized carbons (Fsp3) is 0.238. The third kappa shape index (κ3) is 2.26. The Morgan fingerprint density at radius 1 is 1.17 bits per heavy atom. The predicted octanol–water partition coefficient (Wildman–Crippen LogP) is 4.20. The van der Waals surface area contributed by atoms with Crippen LogP contribution in [0.15, 0.2) is 72.7 Å². The molecule has 2 aliphatic rings. The van der Waals surface area contributed by atoms with Crippen LogP contribution in [-0.2, 0) is 0 Å². The topological polar surface area (TPSA) is 6.89 Å². The Hall–Kier alpha value is -2.48. The van der Waals surface area contributed by atoms with Crippen molar-refractivity contribution >= 4 is 6.72 Å². The fourth-order valence-electron chi connectivity index (χ4n) is 4.02. The normalized spacial score (nSPS) is 22.0. The van der Waals surface area contributed by atoms with Gasteiger partial charge in [0.15, 0.2) is 24.1 Å². The van der Waals surface area contributed by atoms with Crippen LogP contribution in [-0.4, -0.2) is 11.3 Å². The molecular weight excluding hydrogens is 280 g/mol. The van der Waals surface area contributed by atoms with E-state index in [0.717, 1.165) is 12.8 Å². The molecule has 4 rings (SSSR count). The number of nitrogens with zero attached hydrogens (tertiary/aromatic N) is 2. The molecule has 0 spiro atoms. The molecule has 0 radical (unpaired) electrons. The van der Waals surface area contributed by atoms with E-state index < -0.39 is 0 Å². The lowest BCUT2D eigenvalue weighted by Gasteiger charge is -2.31. The van der Waals surface area contributed by atoms with Crippen molar-refractivity contribution < 1.29 is 9.14 Å². The highest BCUT2D eigenvalue weighted by Gasteiger charge is 2.43. The Kier molecular flexibility index (Phi) is 3.45. The molecule has 2 heteroatoms. The quantitative estimate of drug-likeness (QED) is 0.580. The van der Waals surface area contributed by atoms with Crippen molar-refractivity contribution in [2.24, 2.45) is 0 Å². The van der Waals surface area contributed by atoms with Gasteiger partial charge in [0.2, 0.25) is 5.69 Å². The summed E-state index contributed by atoms with van der Waals surface area (Å²) in [5.74, 6) is 0.550. The Morgan fingerprint density at radius 3 is 2.87 bits per heavy atom. The van der Waals surface area contributed by atoms with Crippen molar-refractivity contribution in [3.05, 3.63) is 78.3 Å². The monoisotopic (exact) mass is 302 g/mol. The molecule has 0 N–H and O–H groups in total. The Balaban J connectivity index is 1.83. The molecule has 114 valence electrons. The Labute approximate surface area is 137 Å². The maximum Gasteiger partial charge on any atom is 0.213 e. The van der Waals surface area contributed by atoms with Crippen LogP contribution in [0.25, 0.3) is 11.3 Å².